The first kappa shape index (κ1) is 16.7. The lowest BCUT2D eigenvalue weighted by atomic mass is 10.1. The Labute approximate surface area is 137 Å². The Hall–Kier alpha value is -0.630. The highest BCUT2D eigenvalue weighted by atomic mass is 79.9. The standard InChI is InChI=1S/C13H16BrClN2O3S/c1-13(2)5-7(13)6-17-12(18)9-3-8(21(16,19)20)4-10(14)11(9)15/h3-4,7H,5-6H2,1-2H3,(H,17,18)(H2,16,19,20). The molecule has 21 heavy (non-hydrogen) atoms. The van der Waals surface area contributed by atoms with E-state index in [4.69, 9.17) is 16.7 Å². The molecule has 0 aromatic heterocycles. The topological polar surface area (TPSA) is 89.3 Å². The number of carbonyl (C=O) groups excluding carboxylic acids is 1. The Balaban J connectivity index is 2.22. The summed E-state index contributed by atoms with van der Waals surface area (Å²) in [6.45, 7) is 4.81. The molecule has 5 nitrogen and oxygen atoms in total. The van der Waals surface area contributed by atoms with Crippen molar-refractivity contribution in [2.24, 2.45) is 16.5 Å². The highest BCUT2D eigenvalue weighted by Gasteiger charge is 2.45. The summed E-state index contributed by atoms with van der Waals surface area (Å²) in [7, 11) is -3.90. The minimum atomic E-state index is -3.90. The van der Waals surface area contributed by atoms with Gasteiger partial charge >= 0.3 is 0 Å². The van der Waals surface area contributed by atoms with E-state index in [2.05, 4.69) is 35.1 Å². The van der Waals surface area contributed by atoms with Crippen LogP contribution >= 0.6 is 27.5 Å². The SMILES string of the molecule is CC1(C)CC1CNC(=O)c1cc(S(N)(=O)=O)cc(Br)c1Cl. The average molecular weight is 396 g/mol. The van der Waals surface area contributed by atoms with Crippen LogP contribution < -0.4 is 10.5 Å². The van der Waals surface area contributed by atoms with Crippen LogP contribution in [0.3, 0.4) is 0 Å². The molecule has 1 aromatic carbocycles. The summed E-state index contributed by atoms with van der Waals surface area (Å²) in [6, 6.07) is 2.47. The number of amides is 1. The van der Waals surface area contributed by atoms with E-state index >= 15 is 0 Å². The van der Waals surface area contributed by atoms with Gasteiger partial charge in [0.25, 0.3) is 5.91 Å². The normalized spacial score (nSPS) is 20.1. The highest BCUT2D eigenvalue weighted by Crippen LogP contribution is 2.51. The molecule has 116 valence electrons. The molecule has 1 amide bonds. The van der Waals surface area contributed by atoms with Gasteiger partial charge in [-0.3, -0.25) is 4.79 Å². The molecule has 0 bridgehead atoms. The van der Waals surface area contributed by atoms with Crippen LogP contribution in [0.1, 0.15) is 30.6 Å². The third-order valence-electron chi connectivity index (χ3n) is 3.80. The molecular formula is C13H16BrClN2O3S. The number of sulfonamides is 1. The molecule has 1 aliphatic carbocycles. The number of hydrogen-bond donors (Lipinski definition) is 2. The van der Waals surface area contributed by atoms with E-state index < -0.39 is 15.9 Å². The van der Waals surface area contributed by atoms with Gasteiger partial charge < -0.3 is 5.32 Å². The first-order valence-corrected chi connectivity index (χ1v) is 9.04. The van der Waals surface area contributed by atoms with Crippen molar-refractivity contribution in [1.29, 1.82) is 0 Å². The van der Waals surface area contributed by atoms with E-state index in [0.29, 0.717) is 16.9 Å². The third-order valence-corrected chi connectivity index (χ3v) is 5.96. The van der Waals surface area contributed by atoms with Gasteiger partial charge in [-0.15, -0.1) is 0 Å². The number of nitrogens with one attached hydrogen (secondary N) is 1. The summed E-state index contributed by atoms with van der Waals surface area (Å²) in [5, 5.41) is 8.03. The van der Waals surface area contributed by atoms with Gasteiger partial charge in [0.15, 0.2) is 0 Å². The van der Waals surface area contributed by atoms with Crippen molar-refractivity contribution in [1.82, 2.24) is 5.32 Å². The fourth-order valence-electron chi connectivity index (χ4n) is 2.13. The smallest absolute Gasteiger partial charge is 0.252 e. The molecule has 8 heteroatoms. The van der Waals surface area contributed by atoms with Gasteiger partial charge in [0.1, 0.15) is 0 Å². The zero-order valence-corrected chi connectivity index (χ0v) is 14.8. The van der Waals surface area contributed by atoms with Crippen molar-refractivity contribution in [2.75, 3.05) is 6.54 Å². The van der Waals surface area contributed by atoms with E-state index in [9.17, 15) is 13.2 Å². The molecule has 0 aliphatic heterocycles. The second-order valence-electron chi connectivity index (χ2n) is 5.91. The van der Waals surface area contributed by atoms with E-state index in [1.54, 1.807) is 0 Å². The molecule has 1 aliphatic rings. The van der Waals surface area contributed by atoms with Gasteiger partial charge in [-0.25, -0.2) is 13.6 Å². The predicted molar refractivity (Wildman–Crippen MR) is 84.7 cm³/mol. The number of benzene rings is 1. The Kier molecular flexibility index (Phi) is 4.41. The van der Waals surface area contributed by atoms with Crippen molar-refractivity contribution in [2.45, 2.75) is 25.2 Å². The molecule has 0 heterocycles. The van der Waals surface area contributed by atoms with Crippen LogP contribution in [-0.4, -0.2) is 20.9 Å². The van der Waals surface area contributed by atoms with E-state index in [-0.39, 0.29) is 20.9 Å². The molecule has 0 spiro atoms. The van der Waals surface area contributed by atoms with Gasteiger partial charge in [-0.2, -0.15) is 0 Å². The molecule has 1 unspecified atom stereocenters. The van der Waals surface area contributed by atoms with Crippen LogP contribution in [-0.2, 0) is 10.0 Å². The van der Waals surface area contributed by atoms with Gasteiger partial charge in [0, 0.05) is 11.0 Å². The van der Waals surface area contributed by atoms with Gasteiger partial charge in [0.05, 0.1) is 15.5 Å². The number of hydrogen-bond acceptors (Lipinski definition) is 3. The molecule has 3 N–H and O–H groups in total. The van der Waals surface area contributed by atoms with Gasteiger partial charge in [-0.1, -0.05) is 25.4 Å². The van der Waals surface area contributed by atoms with Gasteiger partial charge in [-0.05, 0) is 45.8 Å². The first-order chi connectivity index (χ1) is 9.52. The average Bonchev–Trinajstić information content (AvgIpc) is 2.96. The Morgan fingerprint density at radius 3 is 2.57 bits per heavy atom. The van der Waals surface area contributed by atoms with Crippen LogP contribution in [0.25, 0.3) is 0 Å². The Morgan fingerprint density at radius 1 is 1.52 bits per heavy atom. The second-order valence-corrected chi connectivity index (χ2v) is 8.71. The Morgan fingerprint density at radius 2 is 2.10 bits per heavy atom. The summed E-state index contributed by atoms with van der Waals surface area (Å²) < 4.78 is 23.1. The van der Waals surface area contributed by atoms with Crippen molar-refractivity contribution >= 4 is 43.5 Å². The molecule has 0 radical (unpaired) electrons. The fraction of sp³-hybridized carbons (Fsp3) is 0.462. The van der Waals surface area contributed by atoms with Crippen molar-refractivity contribution in [3.8, 4) is 0 Å². The van der Waals surface area contributed by atoms with Gasteiger partial charge in [0.2, 0.25) is 10.0 Å². The summed E-state index contributed by atoms with van der Waals surface area (Å²) >= 11 is 9.19. The highest BCUT2D eigenvalue weighted by molar-refractivity contribution is 9.10. The molecule has 1 aromatic rings. The first-order valence-electron chi connectivity index (χ1n) is 6.32. The minimum Gasteiger partial charge on any atom is -0.352 e. The number of primary sulfonamides is 1. The number of carbonyl (C=O) groups is 1. The number of rotatable bonds is 4. The largest absolute Gasteiger partial charge is 0.352 e. The van der Waals surface area contributed by atoms with Crippen molar-refractivity contribution < 1.29 is 13.2 Å². The predicted octanol–water partition coefficient (Wildman–Crippen LogP) is 2.53. The summed E-state index contributed by atoms with van der Waals surface area (Å²) in [5.74, 6) is 0.0268. The molecule has 1 atom stereocenters. The lowest BCUT2D eigenvalue weighted by Crippen LogP contribution is -2.27. The molecular weight excluding hydrogens is 380 g/mol. The van der Waals surface area contributed by atoms with Crippen LogP contribution in [0.2, 0.25) is 5.02 Å². The van der Waals surface area contributed by atoms with Crippen molar-refractivity contribution in [3.05, 3.63) is 27.2 Å². The maximum Gasteiger partial charge on any atom is 0.252 e. The maximum absolute atomic E-state index is 12.2. The van der Waals surface area contributed by atoms with Crippen LogP contribution in [0.4, 0.5) is 0 Å². The summed E-state index contributed by atoms with van der Waals surface area (Å²) in [5.41, 5.74) is 0.341. The summed E-state index contributed by atoms with van der Waals surface area (Å²) in [4.78, 5) is 12.0. The zero-order valence-electron chi connectivity index (χ0n) is 11.6. The molecule has 2 rings (SSSR count). The van der Waals surface area contributed by atoms with Crippen LogP contribution in [0.5, 0.6) is 0 Å². The van der Waals surface area contributed by atoms with Crippen LogP contribution in [0.15, 0.2) is 21.5 Å². The minimum absolute atomic E-state index is 0.0912. The van der Waals surface area contributed by atoms with E-state index in [0.717, 1.165) is 6.42 Å². The second kappa shape index (κ2) is 5.53. The maximum atomic E-state index is 12.2. The van der Waals surface area contributed by atoms with Crippen LogP contribution in [0, 0.1) is 11.3 Å². The fourth-order valence-corrected chi connectivity index (χ4v) is 3.50. The monoisotopic (exact) mass is 394 g/mol. The summed E-state index contributed by atoms with van der Waals surface area (Å²) in [6.07, 6.45) is 1.06. The number of nitrogens with two attached hydrogens (primary N) is 1. The zero-order chi connectivity index (χ0) is 16.0. The lowest BCUT2D eigenvalue weighted by molar-refractivity contribution is 0.0950. The third kappa shape index (κ3) is 3.77. The van der Waals surface area contributed by atoms with E-state index in [1.165, 1.54) is 12.1 Å². The quantitative estimate of drug-likeness (QED) is 0.821. The number of halogens is 2. The molecule has 1 fully saturated rings. The molecule has 0 saturated heterocycles. The Bertz CT molecular complexity index is 704. The van der Waals surface area contributed by atoms with Crippen molar-refractivity contribution in [3.63, 3.8) is 0 Å². The van der Waals surface area contributed by atoms with E-state index in [1.807, 2.05) is 0 Å². The molecule has 1 saturated carbocycles. The lowest BCUT2D eigenvalue weighted by Gasteiger charge is -2.10.